The third-order valence-electron chi connectivity index (χ3n) is 2.03. The molecular weight excluding hydrogens is 186 g/mol. The van der Waals surface area contributed by atoms with Crippen LogP contribution in [0.3, 0.4) is 0 Å². The number of hydrogen-bond donors (Lipinski definition) is 0. The van der Waals surface area contributed by atoms with Crippen LogP contribution in [0.4, 0.5) is 0 Å². The van der Waals surface area contributed by atoms with E-state index in [0.717, 1.165) is 11.1 Å². The Labute approximate surface area is 88.1 Å². The van der Waals surface area contributed by atoms with Gasteiger partial charge in [-0.3, -0.25) is 0 Å². The highest BCUT2D eigenvalue weighted by atomic mass is 16.3. The molecule has 1 aromatic heterocycles. The zero-order chi connectivity index (χ0) is 10.5. The number of nitriles is 1. The normalized spacial score (nSPS) is 10.3. The van der Waals surface area contributed by atoms with Gasteiger partial charge in [-0.1, -0.05) is 24.3 Å². The largest absolute Gasteiger partial charge is 0.472 e. The summed E-state index contributed by atoms with van der Waals surface area (Å²) in [4.78, 5) is 0. The van der Waals surface area contributed by atoms with Gasteiger partial charge in [0.2, 0.25) is 0 Å². The molecular formula is C13H9NO. The summed E-state index contributed by atoms with van der Waals surface area (Å²) in [6, 6.07) is 11.4. The maximum atomic E-state index is 8.73. The first-order valence-corrected chi connectivity index (χ1v) is 4.59. The van der Waals surface area contributed by atoms with Crippen molar-refractivity contribution in [3.63, 3.8) is 0 Å². The minimum atomic E-state index is 0.671. The number of hydrogen-bond acceptors (Lipinski definition) is 2. The van der Waals surface area contributed by atoms with E-state index in [1.165, 1.54) is 0 Å². The van der Waals surface area contributed by atoms with Crippen LogP contribution in [-0.2, 0) is 0 Å². The van der Waals surface area contributed by atoms with Gasteiger partial charge in [0.25, 0.3) is 0 Å². The smallest absolute Gasteiger partial charge is 0.0991 e. The second-order valence-corrected chi connectivity index (χ2v) is 3.13. The van der Waals surface area contributed by atoms with Gasteiger partial charge in [0, 0.05) is 5.56 Å². The van der Waals surface area contributed by atoms with E-state index in [1.54, 1.807) is 18.6 Å². The zero-order valence-corrected chi connectivity index (χ0v) is 8.05. The van der Waals surface area contributed by atoms with Crippen molar-refractivity contribution in [1.82, 2.24) is 0 Å². The van der Waals surface area contributed by atoms with Crippen LogP contribution in [0.1, 0.15) is 16.7 Å². The lowest BCUT2D eigenvalue weighted by Crippen LogP contribution is -1.75. The van der Waals surface area contributed by atoms with E-state index in [0.29, 0.717) is 5.56 Å². The maximum absolute atomic E-state index is 8.73. The summed E-state index contributed by atoms with van der Waals surface area (Å²) in [5, 5.41) is 8.73. The average molecular weight is 195 g/mol. The zero-order valence-electron chi connectivity index (χ0n) is 8.05. The lowest BCUT2D eigenvalue weighted by molar-refractivity contribution is 0.567. The SMILES string of the molecule is N#Cc1cccc(/C=C/c2ccoc2)c1. The van der Waals surface area contributed by atoms with Crippen molar-refractivity contribution in [2.75, 3.05) is 0 Å². The molecule has 1 heterocycles. The maximum Gasteiger partial charge on any atom is 0.0991 e. The molecule has 0 bridgehead atoms. The Morgan fingerprint density at radius 2 is 2.00 bits per heavy atom. The molecule has 0 aliphatic heterocycles. The topological polar surface area (TPSA) is 36.9 Å². The van der Waals surface area contributed by atoms with E-state index < -0.39 is 0 Å². The van der Waals surface area contributed by atoms with Crippen LogP contribution in [0, 0.1) is 11.3 Å². The number of furan rings is 1. The third kappa shape index (κ3) is 2.35. The summed E-state index contributed by atoms with van der Waals surface area (Å²) in [5.41, 5.74) is 2.69. The molecule has 72 valence electrons. The summed E-state index contributed by atoms with van der Waals surface area (Å²) >= 11 is 0. The van der Waals surface area contributed by atoms with E-state index in [1.807, 2.05) is 36.4 Å². The molecule has 15 heavy (non-hydrogen) atoms. The van der Waals surface area contributed by atoms with Gasteiger partial charge < -0.3 is 4.42 Å². The second kappa shape index (κ2) is 4.30. The van der Waals surface area contributed by atoms with Crippen LogP contribution < -0.4 is 0 Å². The summed E-state index contributed by atoms with van der Waals surface area (Å²) in [5.74, 6) is 0. The van der Waals surface area contributed by atoms with Crippen molar-refractivity contribution in [2.45, 2.75) is 0 Å². The number of rotatable bonds is 2. The number of benzene rings is 1. The molecule has 0 aliphatic carbocycles. The quantitative estimate of drug-likeness (QED) is 0.737. The Balaban J connectivity index is 2.21. The summed E-state index contributed by atoms with van der Waals surface area (Å²) < 4.78 is 4.94. The molecule has 1 aromatic carbocycles. The van der Waals surface area contributed by atoms with E-state index in [4.69, 9.17) is 9.68 Å². The molecule has 2 nitrogen and oxygen atoms in total. The fourth-order valence-electron chi connectivity index (χ4n) is 1.27. The van der Waals surface area contributed by atoms with Crippen molar-refractivity contribution in [3.8, 4) is 6.07 Å². The molecule has 2 heteroatoms. The average Bonchev–Trinajstić information content (AvgIpc) is 2.79. The van der Waals surface area contributed by atoms with Gasteiger partial charge in [-0.25, -0.2) is 0 Å². The van der Waals surface area contributed by atoms with Gasteiger partial charge in [0.15, 0.2) is 0 Å². The van der Waals surface area contributed by atoms with Crippen LogP contribution >= 0.6 is 0 Å². The van der Waals surface area contributed by atoms with Gasteiger partial charge in [0.05, 0.1) is 24.2 Å². The molecule has 0 fully saturated rings. The molecule has 0 aliphatic rings. The Morgan fingerprint density at radius 1 is 1.13 bits per heavy atom. The van der Waals surface area contributed by atoms with E-state index in [9.17, 15) is 0 Å². The van der Waals surface area contributed by atoms with Crippen molar-refractivity contribution < 1.29 is 4.42 Å². The van der Waals surface area contributed by atoms with Crippen molar-refractivity contribution in [3.05, 3.63) is 59.5 Å². The van der Waals surface area contributed by atoms with Crippen LogP contribution in [0.2, 0.25) is 0 Å². The van der Waals surface area contributed by atoms with Gasteiger partial charge in [-0.05, 0) is 23.8 Å². The predicted molar refractivity (Wildman–Crippen MR) is 58.8 cm³/mol. The standard InChI is InChI=1S/C13H9NO/c14-9-13-3-1-2-11(8-13)4-5-12-6-7-15-10-12/h1-8,10H/b5-4+. The monoisotopic (exact) mass is 195 g/mol. The molecule has 0 radical (unpaired) electrons. The molecule has 0 unspecified atom stereocenters. The Morgan fingerprint density at radius 3 is 2.73 bits per heavy atom. The number of nitrogens with zero attached hydrogens (tertiary/aromatic N) is 1. The summed E-state index contributed by atoms with van der Waals surface area (Å²) in [6.45, 7) is 0. The first kappa shape index (κ1) is 9.29. The van der Waals surface area contributed by atoms with Crippen molar-refractivity contribution >= 4 is 12.2 Å². The van der Waals surface area contributed by atoms with Crippen LogP contribution in [0.15, 0.2) is 47.3 Å². The molecule has 0 atom stereocenters. The van der Waals surface area contributed by atoms with Gasteiger partial charge >= 0.3 is 0 Å². The predicted octanol–water partition coefficient (Wildman–Crippen LogP) is 3.32. The van der Waals surface area contributed by atoms with Gasteiger partial charge in [-0.2, -0.15) is 5.26 Å². The van der Waals surface area contributed by atoms with Crippen LogP contribution in [0.25, 0.3) is 12.2 Å². The molecule has 0 saturated heterocycles. The van der Waals surface area contributed by atoms with E-state index in [2.05, 4.69) is 6.07 Å². The Bertz CT molecular complexity index is 504. The lowest BCUT2D eigenvalue weighted by atomic mass is 10.1. The van der Waals surface area contributed by atoms with Gasteiger partial charge in [0.1, 0.15) is 0 Å². The lowest BCUT2D eigenvalue weighted by Gasteiger charge is -1.92. The Kier molecular flexibility index (Phi) is 2.66. The minimum Gasteiger partial charge on any atom is -0.472 e. The molecule has 0 N–H and O–H groups in total. The van der Waals surface area contributed by atoms with Crippen LogP contribution in [0.5, 0.6) is 0 Å². The first-order valence-electron chi connectivity index (χ1n) is 4.59. The molecule has 0 spiro atoms. The second-order valence-electron chi connectivity index (χ2n) is 3.13. The molecule has 0 amide bonds. The first-order chi connectivity index (χ1) is 7.38. The summed E-state index contributed by atoms with van der Waals surface area (Å²) in [6.07, 6.45) is 7.20. The minimum absolute atomic E-state index is 0.671. The van der Waals surface area contributed by atoms with Crippen molar-refractivity contribution in [2.24, 2.45) is 0 Å². The molecule has 2 aromatic rings. The van der Waals surface area contributed by atoms with Crippen molar-refractivity contribution in [1.29, 1.82) is 5.26 Å². The highest BCUT2D eigenvalue weighted by Gasteiger charge is 1.91. The molecule has 0 saturated carbocycles. The highest BCUT2D eigenvalue weighted by Crippen LogP contribution is 2.10. The highest BCUT2D eigenvalue weighted by molar-refractivity contribution is 5.69. The fraction of sp³-hybridized carbons (Fsp3) is 0. The van der Waals surface area contributed by atoms with Gasteiger partial charge in [-0.15, -0.1) is 0 Å². The Hall–Kier alpha value is -2.27. The van der Waals surface area contributed by atoms with E-state index >= 15 is 0 Å². The fourth-order valence-corrected chi connectivity index (χ4v) is 1.27. The summed E-state index contributed by atoms with van der Waals surface area (Å²) in [7, 11) is 0. The third-order valence-corrected chi connectivity index (χ3v) is 2.03. The van der Waals surface area contributed by atoms with Crippen LogP contribution in [-0.4, -0.2) is 0 Å². The van der Waals surface area contributed by atoms with E-state index in [-0.39, 0.29) is 0 Å². The molecule has 2 rings (SSSR count).